The summed E-state index contributed by atoms with van der Waals surface area (Å²) in [5.74, 6) is 0. The van der Waals surface area contributed by atoms with E-state index in [0.717, 1.165) is 37.3 Å². The first-order valence-electron chi connectivity index (χ1n) is 7.44. The standard InChI is InChI=1S/C16H23ClN2O/c1-2-3-4-11-18-15(20)19-12-16(9-10-16)13-5-7-14(17)8-6-13/h5-8H,2-4,9-12H2,1H3,(H2,18,19,20). The van der Waals surface area contributed by atoms with Crippen LogP contribution in [0.2, 0.25) is 5.02 Å². The summed E-state index contributed by atoms with van der Waals surface area (Å²) >= 11 is 5.91. The molecule has 1 fully saturated rings. The molecule has 110 valence electrons. The minimum absolute atomic E-state index is 0.0543. The normalized spacial score (nSPS) is 15.7. The maximum absolute atomic E-state index is 11.7. The molecule has 0 bridgehead atoms. The Hall–Kier alpha value is -1.22. The highest BCUT2D eigenvalue weighted by Crippen LogP contribution is 2.47. The largest absolute Gasteiger partial charge is 0.338 e. The van der Waals surface area contributed by atoms with E-state index in [1.54, 1.807) is 0 Å². The molecule has 1 saturated carbocycles. The van der Waals surface area contributed by atoms with Crippen molar-refractivity contribution in [1.82, 2.24) is 10.6 Å². The molecular formula is C16H23ClN2O. The summed E-state index contributed by atoms with van der Waals surface area (Å²) < 4.78 is 0. The molecule has 20 heavy (non-hydrogen) atoms. The number of carbonyl (C=O) groups is 1. The molecule has 0 spiro atoms. The Labute approximate surface area is 126 Å². The highest BCUT2D eigenvalue weighted by molar-refractivity contribution is 6.30. The van der Waals surface area contributed by atoms with Gasteiger partial charge in [-0.2, -0.15) is 0 Å². The monoisotopic (exact) mass is 294 g/mol. The van der Waals surface area contributed by atoms with Crippen LogP contribution in [0.4, 0.5) is 4.79 Å². The fourth-order valence-electron chi connectivity index (χ4n) is 2.41. The Morgan fingerprint density at radius 1 is 1.20 bits per heavy atom. The molecule has 0 saturated heterocycles. The molecule has 1 aromatic rings. The Balaban J connectivity index is 1.76. The molecule has 0 heterocycles. The van der Waals surface area contributed by atoms with Gasteiger partial charge in [-0.3, -0.25) is 0 Å². The second kappa shape index (κ2) is 6.98. The van der Waals surface area contributed by atoms with E-state index in [2.05, 4.69) is 29.7 Å². The first kappa shape index (κ1) is 15.2. The first-order valence-corrected chi connectivity index (χ1v) is 7.82. The second-order valence-corrected chi connectivity index (χ2v) is 6.04. The molecule has 2 amide bonds. The molecule has 0 atom stereocenters. The summed E-state index contributed by atoms with van der Waals surface area (Å²) in [7, 11) is 0. The fourth-order valence-corrected chi connectivity index (χ4v) is 2.54. The van der Waals surface area contributed by atoms with Gasteiger partial charge in [-0.1, -0.05) is 43.5 Å². The van der Waals surface area contributed by atoms with Gasteiger partial charge in [0.1, 0.15) is 0 Å². The number of halogens is 1. The lowest BCUT2D eigenvalue weighted by molar-refractivity contribution is 0.239. The summed E-state index contributed by atoms with van der Waals surface area (Å²) in [5, 5.41) is 6.66. The summed E-state index contributed by atoms with van der Waals surface area (Å²) in [4.78, 5) is 11.7. The number of urea groups is 1. The van der Waals surface area contributed by atoms with E-state index in [-0.39, 0.29) is 11.4 Å². The maximum Gasteiger partial charge on any atom is 0.314 e. The molecule has 0 aliphatic heterocycles. The van der Waals surface area contributed by atoms with Crippen molar-refractivity contribution >= 4 is 17.6 Å². The van der Waals surface area contributed by atoms with Crippen molar-refractivity contribution in [2.45, 2.75) is 44.4 Å². The number of carbonyl (C=O) groups excluding carboxylic acids is 1. The van der Waals surface area contributed by atoms with E-state index < -0.39 is 0 Å². The quantitative estimate of drug-likeness (QED) is 0.737. The number of nitrogens with one attached hydrogen (secondary N) is 2. The van der Waals surface area contributed by atoms with Gasteiger partial charge in [-0.05, 0) is 37.0 Å². The van der Waals surface area contributed by atoms with E-state index in [4.69, 9.17) is 11.6 Å². The van der Waals surface area contributed by atoms with Gasteiger partial charge in [-0.25, -0.2) is 4.79 Å². The maximum atomic E-state index is 11.7. The minimum atomic E-state index is -0.0543. The molecule has 1 aromatic carbocycles. The number of unbranched alkanes of at least 4 members (excludes halogenated alkanes) is 2. The van der Waals surface area contributed by atoms with Gasteiger partial charge < -0.3 is 10.6 Å². The van der Waals surface area contributed by atoms with Crippen molar-refractivity contribution in [2.75, 3.05) is 13.1 Å². The van der Waals surface area contributed by atoms with Crippen molar-refractivity contribution in [2.24, 2.45) is 0 Å². The lowest BCUT2D eigenvalue weighted by atomic mass is 9.96. The molecule has 0 unspecified atom stereocenters. The average Bonchev–Trinajstić information content (AvgIpc) is 3.23. The lowest BCUT2D eigenvalue weighted by Gasteiger charge is -2.17. The van der Waals surface area contributed by atoms with Gasteiger partial charge in [0.05, 0.1) is 0 Å². The van der Waals surface area contributed by atoms with Crippen molar-refractivity contribution in [3.05, 3.63) is 34.9 Å². The van der Waals surface area contributed by atoms with Gasteiger partial charge in [-0.15, -0.1) is 0 Å². The number of hydrogen-bond donors (Lipinski definition) is 2. The molecule has 2 N–H and O–H groups in total. The predicted molar refractivity (Wildman–Crippen MR) is 83.3 cm³/mol. The SMILES string of the molecule is CCCCCNC(=O)NCC1(c2ccc(Cl)cc2)CC1. The topological polar surface area (TPSA) is 41.1 Å². The van der Waals surface area contributed by atoms with Crippen LogP contribution in [0.15, 0.2) is 24.3 Å². The zero-order valence-electron chi connectivity index (χ0n) is 12.0. The van der Waals surface area contributed by atoms with E-state index in [1.165, 1.54) is 12.0 Å². The van der Waals surface area contributed by atoms with E-state index >= 15 is 0 Å². The number of hydrogen-bond acceptors (Lipinski definition) is 1. The summed E-state index contributed by atoms with van der Waals surface area (Å²) in [6.45, 7) is 3.62. The van der Waals surface area contributed by atoms with E-state index in [9.17, 15) is 4.79 Å². The average molecular weight is 295 g/mol. The molecule has 0 aromatic heterocycles. The van der Waals surface area contributed by atoms with Crippen LogP contribution in [0.25, 0.3) is 0 Å². The van der Waals surface area contributed by atoms with Gasteiger partial charge in [0.25, 0.3) is 0 Å². The molecule has 4 heteroatoms. The van der Waals surface area contributed by atoms with E-state index in [1.807, 2.05) is 12.1 Å². The molecular weight excluding hydrogens is 272 g/mol. The predicted octanol–water partition coefficient (Wildman–Crippen LogP) is 3.86. The van der Waals surface area contributed by atoms with Crippen LogP contribution in [-0.2, 0) is 5.41 Å². The van der Waals surface area contributed by atoms with Gasteiger partial charge >= 0.3 is 6.03 Å². The van der Waals surface area contributed by atoms with E-state index in [0.29, 0.717) is 6.54 Å². The van der Waals surface area contributed by atoms with Crippen LogP contribution >= 0.6 is 11.6 Å². The van der Waals surface area contributed by atoms with Crippen LogP contribution in [0, 0.1) is 0 Å². The summed E-state index contributed by atoms with van der Waals surface area (Å²) in [5.41, 5.74) is 1.40. The van der Waals surface area contributed by atoms with Crippen LogP contribution < -0.4 is 10.6 Å². The second-order valence-electron chi connectivity index (χ2n) is 5.60. The molecule has 1 aliphatic rings. The Morgan fingerprint density at radius 3 is 2.50 bits per heavy atom. The van der Waals surface area contributed by atoms with Crippen LogP contribution in [0.1, 0.15) is 44.6 Å². The van der Waals surface area contributed by atoms with Crippen molar-refractivity contribution in [3.63, 3.8) is 0 Å². The number of rotatable bonds is 7. The van der Waals surface area contributed by atoms with Crippen LogP contribution in [0.3, 0.4) is 0 Å². The Bertz CT molecular complexity index is 440. The van der Waals surface area contributed by atoms with Gasteiger partial charge in [0.2, 0.25) is 0 Å². The molecule has 3 nitrogen and oxygen atoms in total. The van der Waals surface area contributed by atoms with Crippen LogP contribution in [0.5, 0.6) is 0 Å². The third-order valence-corrected chi connectivity index (χ3v) is 4.22. The third kappa shape index (κ3) is 4.14. The summed E-state index contributed by atoms with van der Waals surface area (Å²) in [6, 6.07) is 7.91. The summed E-state index contributed by atoms with van der Waals surface area (Å²) in [6.07, 6.45) is 5.64. The fraction of sp³-hybridized carbons (Fsp3) is 0.562. The smallest absolute Gasteiger partial charge is 0.314 e. The number of benzene rings is 1. The molecule has 2 rings (SSSR count). The minimum Gasteiger partial charge on any atom is -0.338 e. The first-order chi connectivity index (χ1) is 9.66. The van der Waals surface area contributed by atoms with Crippen molar-refractivity contribution in [1.29, 1.82) is 0 Å². The zero-order chi connectivity index (χ0) is 14.4. The van der Waals surface area contributed by atoms with Crippen LogP contribution in [-0.4, -0.2) is 19.1 Å². The molecule has 0 radical (unpaired) electrons. The number of amides is 2. The van der Waals surface area contributed by atoms with Crippen molar-refractivity contribution < 1.29 is 4.79 Å². The zero-order valence-corrected chi connectivity index (χ0v) is 12.8. The highest BCUT2D eigenvalue weighted by Gasteiger charge is 2.44. The Morgan fingerprint density at radius 2 is 1.90 bits per heavy atom. The highest BCUT2D eigenvalue weighted by atomic mass is 35.5. The lowest BCUT2D eigenvalue weighted by Crippen LogP contribution is -2.40. The van der Waals surface area contributed by atoms with Gasteiger partial charge in [0, 0.05) is 23.5 Å². The van der Waals surface area contributed by atoms with Gasteiger partial charge in [0.15, 0.2) is 0 Å². The Kier molecular flexibility index (Phi) is 5.30. The van der Waals surface area contributed by atoms with Crippen molar-refractivity contribution in [3.8, 4) is 0 Å². The third-order valence-electron chi connectivity index (χ3n) is 3.96. The molecule has 1 aliphatic carbocycles.